The summed E-state index contributed by atoms with van der Waals surface area (Å²) in [5.41, 5.74) is 1.14. The third kappa shape index (κ3) is 3.59. The fourth-order valence-electron chi connectivity index (χ4n) is 5.00. The van der Waals surface area contributed by atoms with Gasteiger partial charge in [0.1, 0.15) is 0 Å². The van der Waals surface area contributed by atoms with E-state index >= 15 is 0 Å². The summed E-state index contributed by atoms with van der Waals surface area (Å²) in [6.45, 7) is 1.84. The standard InChI is InChI=1S/C23H25N3O3.ClH/c27-20(25-13-11-16-9-10-17(14-25)24-16)8-3-12-26-22(28)18-6-1-4-15-5-2-7-19(21(15)18)23(26)29;/h1-2,4-7,16-17,24H,3,8-14H2;1H. The van der Waals surface area contributed by atoms with Gasteiger partial charge < -0.3 is 10.2 Å². The van der Waals surface area contributed by atoms with E-state index in [1.807, 2.05) is 29.2 Å². The largest absolute Gasteiger partial charge is 0.341 e. The summed E-state index contributed by atoms with van der Waals surface area (Å²) in [5, 5.41) is 5.23. The van der Waals surface area contributed by atoms with Crippen LogP contribution < -0.4 is 5.32 Å². The van der Waals surface area contributed by atoms with Gasteiger partial charge in [0, 0.05) is 54.7 Å². The summed E-state index contributed by atoms with van der Waals surface area (Å²) in [6, 6.07) is 12.0. The zero-order chi connectivity index (χ0) is 20.0. The molecule has 0 saturated carbocycles. The molecule has 2 atom stereocenters. The Bertz CT molecular complexity index is 958. The van der Waals surface area contributed by atoms with Crippen LogP contribution in [0.4, 0.5) is 0 Å². The smallest absolute Gasteiger partial charge is 0.261 e. The highest BCUT2D eigenvalue weighted by Crippen LogP contribution is 2.30. The molecule has 3 aliphatic heterocycles. The van der Waals surface area contributed by atoms with Crippen LogP contribution in [0.3, 0.4) is 0 Å². The molecule has 3 amide bonds. The molecule has 0 aromatic heterocycles. The Balaban J connectivity index is 0.00000218. The number of hydrogen-bond donors (Lipinski definition) is 1. The Kier molecular flexibility index (Phi) is 5.80. The summed E-state index contributed by atoms with van der Waals surface area (Å²) in [5.74, 6) is -0.398. The molecule has 2 aromatic carbocycles. The van der Waals surface area contributed by atoms with Crippen LogP contribution in [0.25, 0.3) is 10.8 Å². The Morgan fingerprint density at radius 2 is 1.63 bits per heavy atom. The SMILES string of the molecule is Cl.O=C(CCCN1C(=O)c2cccc3cccc(c23)C1=O)N1CCC2CCC(C1)N2. The maximum absolute atomic E-state index is 12.9. The average Bonchev–Trinajstić information content (AvgIpc) is 3.06. The normalized spacial score (nSPS) is 22.8. The lowest BCUT2D eigenvalue weighted by Gasteiger charge is -2.28. The number of hydrogen-bond acceptors (Lipinski definition) is 4. The number of nitrogens with one attached hydrogen (secondary N) is 1. The fourth-order valence-corrected chi connectivity index (χ4v) is 5.00. The van der Waals surface area contributed by atoms with Gasteiger partial charge >= 0.3 is 0 Å². The molecule has 3 heterocycles. The van der Waals surface area contributed by atoms with E-state index in [9.17, 15) is 14.4 Å². The zero-order valence-corrected chi connectivity index (χ0v) is 17.6. The molecule has 2 unspecified atom stereocenters. The van der Waals surface area contributed by atoms with Gasteiger partial charge in [-0.25, -0.2) is 0 Å². The third-order valence-electron chi connectivity index (χ3n) is 6.50. The van der Waals surface area contributed by atoms with Crippen molar-refractivity contribution < 1.29 is 14.4 Å². The fraction of sp³-hybridized carbons (Fsp3) is 0.435. The van der Waals surface area contributed by atoms with Crippen molar-refractivity contribution in [2.24, 2.45) is 0 Å². The van der Waals surface area contributed by atoms with Gasteiger partial charge in [0.25, 0.3) is 11.8 Å². The first-order chi connectivity index (χ1) is 14.1. The second-order valence-electron chi connectivity index (χ2n) is 8.34. The van der Waals surface area contributed by atoms with Crippen molar-refractivity contribution in [2.75, 3.05) is 19.6 Å². The predicted octanol–water partition coefficient (Wildman–Crippen LogP) is 2.99. The second-order valence-corrected chi connectivity index (χ2v) is 8.34. The van der Waals surface area contributed by atoms with Crippen LogP contribution in [-0.2, 0) is 4.79 Å². The maximum atomic E-state index is 12.9. The molecule has 2 aromatic rings. The average molecular weight is 428 g/mol. The van der Waals surface area contributed by atoms with Crippen LogP contribution in [0.2, 0.25) is 0 Å². The number of halogens is 1. The third-order valence-corrected chi connectivity index (χ3v) is 6.50. The topological polar surface area (TPSA) is 69.7 Å². The molecule has 0 spiro atoms. The minimum absolute atomic E-state index is 0. The zero-order valence-electron chi connectivity index (χ0n) is 16.8. The van der Waals surface area contributed by atoms with Crippen LogP contribution in [0, 0.1) is 0 Å². The van der Waals surface area contributed by atoms with Crippen molar-refractivity contribution >= 4 is 40.9 Å². The summed E-state index contributed by atoms with van der Waals surface area (Å²) in [7, 11) is 0. The molecule has 0 radical (unpaired) electrons. The Morgan fingerprint density at radius 3 is 2.33 bits per heavy atom. The van der Waals surface area contributed by atoms with Gasteiger partial charge in [-0.3, -0.25) is 19.3 Å². The van der Waals surface area contributed by atoms with E-state index in [1.165, 1.54) is 11.3 Å². The van der Waals surface area contributed by atoms with Gasteiger partial charge in [-0.1, -0.05) is 24.3 Å². The number of fused-ring (bicyclic) bond motifs is 2. The van der Waals surface area contributed by atoms with E-state index < -0.39 is 0 Å². The molecule has 30 heavy (non-hydrogen) atoms. The maximum Gasteiger partial charge on any atom is 0.261 e. The molecule has 6 nitrogen and oxygen atoms in total. The van der Waals surface area contributed by atoms with Crippen molar-refractivity contribution in [2.45, 2.75) is 44.2 Å². The lowest BCUT2D eigenvalue weighted by Crippen LogP contribution is -2.42. The molecule has 7 heteroatoms. The summed E-state index contributed by atoms with van der Waals surface area (Å²) < 4.78 is 0. The van der Waals surface area contributed by atoms with Gasteiger partial charge in [-0.2, -0.15) is 0 Å². The van der Waals surface area contributed by atoms with Crippen LogP contribution in [0.1, 0.15) is 52.8 Å². The number of likely N-dealkylation sites (tertiary alicyclic amines) is 1. The number of rotatable bonds is 4. The minimum atomic E-state index is -0.261. The molecule has 0 aliphatic carbocycles. The molecule has 3 aliphatic rings. The molecule has 2 fully saturated rings. The number of benzene rings is 2. The monoisotopic (exact) mass is 427 g/mol. The van der Waals surface area contributed by atoms with Crippen molar-refractivity contribution in [1.29, 1.82) is 0 Å². The van der Waals surface area contributed by atoms with Crippen molar-refractivity contribution in [3.05, 3.63) is 47.5 Å². The first kappa shape index (κ1) is 20.8. The van der Waals surface area contributed by atoms with Crippen molar-refractivity contribution in [1.82, 2.24) is 15.1 Å². The Labute approximate surface area is 182 Å². The summed E-state index contributed by atoms with van der Waals surface area (Å²) >= 11 is 0. The number of carbonyl (C=O) groups excluding carboxylic acids is 3. The quantitative estimate of drug-likeness (QED) is 0.761. The molecular formula is C23H26ClN3O3. The van der Waals surface area contributed by atoms with E-state index in [-0.39, 0.29) is 36.7 Å². The van der Waals surface area contributed by atoms with E-state index in [0.717, 1.165) is 36.7 Å². The first-order valence-corrected chi connectivity index (χ1v) is 10.5. The lowest BCUT2D eigenvalue weighted by molar-refractivity contribution is -0.131. The predicted molar refractivity (Wildman–Crippen MR) is 117 cm³/mol. The van der Waals surface area contributed by atoms with E-state index in [1.54, 1.807) is 12.1 Å². The summed E-state index contributed by atoms with van der Waals surface area (Å²) in [4.78, 5) is 41.8. The van der Waals surface area contributed by atoms with Gasteiger partial charge in [0.15, 0.2) is 0 Å². The Morgan fingerprint density at radius 1 is 0.967 bits per heavy atom. The van der Waals surface area contributed by atoms with Gasteiger partial charge in [-0.05, 0) is 43.2 Å². The molecular weight excluding hydrogens is 402 g/mol. The minimum Gasteiger partial charge on any atom is -0.341 e. The highest BCUT2D eigenvalue weighted by Gasteiger charge is 2.33. The van der Waals surface area contributed by atoms with Crippen LogP contribution in [0.15, 0.2) is 36.4 Å². The van der Waals surface area contributed by atoms with Crippen LogP contribution in [-0.4, -0.2) is 59.2 Å². The number of carbonyl (C=O) groups is 3. The molecule has 158 valence electrons. The second kappa shape index (κ2) is 8.36. The van der Waals surface area contributed by atoms with Crippen molar-refractivity contribution in [3.8, 4) is 0 Å². The highest BCUT2D eigenvalue weighted by atomic mass is 35.5. The van der Waals surface area contributed by atoms with E-state index in [2.05, 4.69) is 5.32 Å². The molecule has 1 N–H and O–H groups in total. The number of imide groups is 1. The molecule has 2 bridgehead atoms. The van der Waals surface area contributed by atoms with Gasteiger partial charge in [0.05, 0.1) is 0 Å². The van der Waals surface area contributed by atoms with Crippen LogP contribution in [0.5, 0.6) is 0 Å². The van der Waals surface area contributed by atoms with Crippen LogP contribution >= 0.6 is 12.4 Å². The summed E-state index contributed by atoms with van der Waals surface area (Å²) in [6.07, 6.45) is 4.20. The number of nitrogens with zero attached hydrogens (tertiary/aromatic N) is 2. The van der Waals surface area contributed by atoms with E-state index in [0.29, 0.717) is 36.1 Å². The number of amides is 3. The van der Waals surface area contributed by atoms with Gasteiger partial charge in [0.2, 0.25) is 5.91 Å². The Hall–Kier alpha value is -2.44. The molecule has 2 saturated heterocycles. The highest BCUT2D eigenvalue weighted by molar-refractivity contribution is 6.25. The van der Waals surface area contributed by atoms with Gasteiger partial charge in [-0.15, -0.1) is 12.4 Å². The lowest BCUT2D eigenvalue weighted by atomic mass is 9.94. The molecule has 5 rings (SSSR count). The van der Waals surface area contributed by atoms with Crippen molar-refractivity contribution in [3.63, 3.8) is 0 Å². The van der Waals surface area contributed by atoms with E-state index in [4.69, 9.17) is 0 Å². The first-order valence-electron chi connectivity index (χ1n) is 10.5.